The quantitative estimate of drug-likeness (QED) is 0.549. The van der Waals surface area contributed by atoms with Crippen molar-refractivity contribution in [3.8, 4) is 0 Å². The van der Waals surface area contributed by atoms with E-state index in [4.69, 9.17) is 4.99 Å². The molecule has 0 saturated heterocycles. The van der Waals surface area contributed by atoms with Crippen LogP contribution in [0.15, 0.2) is 29.3 Å². The third-order valence-corrected chi connectivity index (χ3v) is 3.56. The van der Waals surface area contributed by atoms with Crippen molar-refractivity contribution in [2.24, 2.45) is 10.4 Å². The second-order valence-corrected chi connectivity index (χ2v) is 6.70. The molecule has 0 bridgehead atoms. The Hall–Kier alpha value is -0.710. The van der Waals surface area contributed by atoms with Crippen LogP contribution in [0.1, 0.15) is 32.4 Å². The van der Waals surface area contributed by atoms with Gasteiger partial charge >= 0.3 is 0 Å². The minimum absolute atomic E-state index is 0.100. The van der Waals surface area contributed by atoms with Crippen LogP contribution >= 0.6 is 22.6 Å². The van der Waals surface area contributed by atoms with Crippen LogP contribution in [0.25, 0.3) is 0 Å². The number of amidine groups is 1. The van der Waals surface area contributed by atoms with Crippen molar-refractivity contribution < 1.29 is 4.58 Å². The summed E-state index contributed by atoms with van der Waals surface area (Å²) in [6.07, 6.45) is 2.18. The van der Waals surface area contributed by atoms with Crippen molar-refractivity contribution >= 4 is 34.6 Å². The fraction of sp³-hybridized carbons (Fsp3) is 0.429. The summed E-state index contributed by atoms with van der Waals surface area (Å²) < 4.78 is 3.42. The predicted octanol–water partition coefficient (Wildman–Crippen LogP) is 3.50. The van der Waals surface area contributed by atoms with Gasteiger partial charge in [-0.15, -0.1) is 0 Å². The smallest absolute Gasteiger partial charge is 0.236 e. The van der Waals surface area contributed by atoms with Gasteiger partial charge in [0.15, 0.2) is 0 Å². The zero-order valence-corrected chi connectivity index (χ0v) is 12.9. The molecule has 0 amide bonds. The molecule has 0 spiro atoms. The highest BCUT2D eigenvalue weighted by Crippen LogP contribution is 2.26. The summed E-state index contributed by atoms with van der Waals surface area (Å²) in [4.78, 5) is 4.82. The lowest BCUT2D eigenvalue weighted by Crippen LogP contribution is -2.27. The van der Waals surface area contributed by atoms with Crippen LogP contribution in [0.4, 0.5) is 0 Å². The minimum atomic E-state index is 0.100. The molecule has 17 heavy (non-hydrogen) atoms. The predicted molar refractivity (Wildman–Crippen MR) is 81.0 cm³/mol. The molecule has 1 atom stereocenters. The summed E-state index contributed by atoms with van der Waals surface area (Å²) in [5.74, 6) is 1.15. The van der Waals surface area contributed by atoms with Gasteiger partial charge < -0.3 is 0 Å². The van der Waals surface area contributed by atoms with Crippen molar-refractivity contribution in [2.75, 3.05) is 7.05 Å². The van der Waals surface area contributed by atoms with Crippen molar-refractivity contribution in [2.45, 2.75) is 26.8 Å². The summed E-state index contributed by atoms with van der Waals surface area (Å²) in [7, 11) is 2.08. The molecule has 1 aliphatic rings. The fourth-order valence-electron chi connectivity index (χ4n) is 2.08. The standard InChI is InChI=1S/C14H18IN2/c1-14(2,3)13-16-12(9-17(13)4)10-5-7-11(15)8-6-10/h5-9,12H,1-4H3/q+1. The van der Waals surface area contributed by atoms with Gasteiger partial charge in [-0.2, -0.15) is 0 Å². The van der Waals surface area contributed by atoms with Gasteiger partial charge in [0.05, 0.1) is 12.5 Å². The first-order chi connectivity index (χ1) is 7.88. The van der Waals surface area contributed by atoms with Crippen LogP contribution in [0.3, 0.4) is 0 Å². The molecule has 1 aliphatic heterocycles. The van der Waals surface area contributed by atoms with E-state index in [0.29, 0.717) is 0 Å². The van der Waals surface area contributed by atoms with E-state index in [2.05, 4.69) is 85.5 Å². The molecule has 0 aliphatic carbocycles. The van der Waals surface area contributed by atoms with Gasteiger partial charge in [0.2, 0.25) is 6.04 Å². The number of benzene rings is 1. The van der Waals surface area contributed by atoms with E-state index in [1.165, 1.54) is 9.13 Å². The van der Waals surface area contributed by atoms with Gasteiger partial charge in [-0.25, -0.2) is 4.58 Å². The zero-order valence-electron chi connectivity index (χ0n) is 10.7. The molecule has 0 radical (unpaired) electrons. The van der Waals surface area contributed by atoms with Crippen LogP contribution in [0.5, 0.6) is 0 Å². The number of halogens is 1. The molecule has 1 aromatic carbocycles. The summed E-state index contributed by atoms with van der Waals surface area (Å²) in [5, 5.41) is 0. The largest absolute Gasteiger partial charge is 0.298 e. The van der Waals surface area contributed by atoms with E-state index >= 15 is 0 Å². The highest BCUT2D eigenvalue weighted by Gasteiger charge is 2.35. The van der Waals surface area contributed by atoms with Gasteiger partial charge in [0.25, 0.3) is 5.84 Å². The molecular weight excluding hydrogens is 323 g/mol. The van der Waals surface area contributed by atoms with Crippen LogP contribution in [-0.2, 0) is 0 Å². The number of hydrogen-bond acceptors (Lipinski definition) is 1. The molecule has 0 saturated carbocycles. The highest BCUT2D eigenvalue weighted by atomic mass is 127. The van der Waals surface area contributed by atoms with Crippen molar-refractivity contribution in [3.05, 3.63) is 33.4 Å². The molecule has 1 unspecified atom stereocenters. The average Bonchev–Trinajstić information content (AvgIpc) is 2.61. The number of hydrogen-bond donors (Lipinski definition) is 0. The van der Waals surface area contributed by atoms with E-state index in [9.17, 15) is 0 Å². The van der Waals surface area contributed by atoms with Crippen LogP contribution in [0.2, 0.25) is 0 Å². The molecule has 0 aromatic heterocycles. The maximum absolute atomic E-state index is 4.82. The Bertz CT molecular complexity index is 478. The van der Waals surface area contributed by atoms with E-state index in [0.717, 1.165) is 5.84 Å². The lowest BCUT2D eigenvalue weighted by molar-refractivity contribution is -0.371. The topological polar surface area (TPSA) is 15.4 Å². The Labute approximate surface area is 117 Å². The van der Waals surface area contributed by atoms with E-state index in [1.807, 2.05) is 0 Å². The van der Waals surface area contributed by atoms with Crippen molar-refractivity contribution in [1.29, 1.82) is 0 Å². The van der Waals surface area contributed by atoms with Gasteiger partial charge in [-0.05, 0) is 55.5 Å². The van der Waals surface area contributed by atoms with Gasteiger partial charge in [0, 0.05) is 9.13 Å². The van der Waals surface area contributed by atoms with Crippen LogP contribution < -0.4 is 0 Å². The second-order valence-electron chi connectivity index (χ2n) is 5.46. The summed E-state index contributed by atoms with van der Waals surface area (Å²) >= 11 is 2.32. The molecule has 2 nitrogen and oxygen atoms in total. The molecule has 1 aromatic rings. The maximum Gasteiger partial charge on any atom is 0.298 e. The van der Waals surface area contributed by atoms with Crippen molar-refractivity contribution in [3.63, 3.8) is 0 Å². The highest BCUT2D eigenvalue weighted by molar-refractivity contribution is 14.1. The molecular formula is C14H18IN2+. The summed E-state index contributed by atoms with van der Waals surface area (Å²) in [5.41, 5.74) is 1.36. The lowest BCUT2D eigenvalue weighted by Gasteiger charge is -2.12. The number of aliphatic imine (C=N–C) groups is 1. The Morgan fingerprint density at radius 3 is 2.24 bits per heavy atom. The number of rotatable bonds is 1. The van der Waals surface area contributed by atoms with Crippen molar-refractivity contribution in [1.82, 2.24) is 0 Å². The fourth-order valence-corrected chi connectivity index (χ4v) is 2.44. The first kappa shape index (κ1) is 12.7. The Kier molecular flexibility index (Phi) is 3.39. The Balaban J connectivity index is 2.33. The Morgan fingerprint density at radius 1 is 1.18 bits per heavy atom. The normalized spacial score (nSPS) is 20.2. The van der Waals surface area contributed by atoms with E-state index in [1.54, 1.807) is 0 Å². The zero-order chi connectivity index (χ0) is 12.6. The SMILES string of the molecule is C[N+]1=CC(c2ccc(I)cc2)N=C1C(C)(C)C. The average molecular weight is 341 g/mol. The Morgan fingerprint density at radius 2 is 1.76 bits per heavy atom. The van der Waals surface area contributed by atoms with Gasteiger partial charge in [0.1, 0.15) is 6.21 Å². The van der Waals surface area contributed by atoms with E-state index in [-0.39, 0.29) is 11.5 Å². The summed E-state index contributed by atoms with van der Waals surface area (Å²) in [6, 6.07) is 8.76. The maximum atomic E-state index is 4.82. The monoisotopic (exact) mass is 341 g/mol. The number of nitrogens with zero attached hydrogens (tertiary/aromatic N) is 2. The molecule has 0 fully saturated rings. The molecule has 90 valence electrons. The molecule has 2 rings (SSSR count). The molecule has 3 heteroatoms. The third kappa shape index (κ3) is 2.76. The second kappa shape index (κ2) is 4.52. The minimum Gasteiger partial charge on any atom is -0.236 e. The van der Waals surface area contributed by atoms with Gasteiger partial charge in [-0.3, -0.25) is 0 Å². The van der Waals surface area contributed by atoms with Crippen LogP contribution in [0, 0.1) is 8.99 Å². The lowest BCUT2D eigenvalue weighted by atomic mass is 9.95. The first-order valence-corrected chi connectivity index (χ1v) is 6.87. The third-order valence-electron chi connectivity index (χ3n) is 2.84. The van der Waals surface area contributed by atoms with Crippen LogP contribution in [-0.4, -0.2) is 23.7 Å². The summed E-state index contributed by atoms with van der Waals surface area (Å²) in [6.45, 7) is 6.60. The molecule has 0 N–H and O–H groups in total. The molecule has 1 heterocycles. The van der Waals surface area contributed by atoms with Gasteiger partial charge in [-0.1, -0.05) is 17.1 Å². The van der Waals surface area contributed by atoms with E-state index < -0.39 is 0 Å². The first-order valence-electron chi connectivity index (χ1n) is 5.79.